The summed E-state index contributed by atoms with van der Waals surface area (Å²) >= 11 is 5.99. The van der Waals surface area contributed by atoms with Crippen molar-refractivity contribution in [2.45, 2.75) is 54.0 Å². The van der Waals surface area contributed by atoms with Crippen LogP contribution in [0.25, 0.3) is 0 Å². The van der Waals surface area contributed by atoms with Gasteiger partial charge in [0.15, 0.2) is 21.9 Å². The molecule has 2 fully saturated rings. The van der Waals surface area contributed by atoms with Crippen LogP contribution >= 0.6 is 11.6 Å². The van der Waals surface area contributed by atoms with Crippen molar-refractivity contribution in [3.63, 3.8) is 0 Å². The van der Waals surface area contributed by atoms with E-state index < -0.39 is 45.4 Å². The Morgan fingerprint density at radius 3 is 2.19 bits per heavy atom. The summed E-state index contributed by atoms with van der Waals surface area (Å²) in [6, 6.07) is 8.47. The summed E-state index contributed by atoms with van der Waals surface area (Å²) in [6.45, 7) is 0.927. The van der Waals surface area contributed by atoms with Gasteiger partial charge in [-0.3, -0.25) is 14.4 Å². The van der Waals surface area contributed by atoms with Gasteiger partial charge in [0.2, 0.25) is 0 Å². The molecule has 1 atom stereocenters. The van der Waals surface area contributed by atoms with Crippen LogP contribution in [0.15, 0.2) is 41.3 Å². The summed E-state index contributed by atoms with van der Waals surface area (Å²) in [5.74, 6) is -6.13. The molecule has 0 radical (unpaired) electrons. The molecule has 1 aromatic carbocycles. The first kappa shape index (κ1) is 27.0. The Balaban J connectivity index is 1.60. The van der Waals surface area contributed by atoms with Crippen LogP contribution in [0.4, 0.5) is 5.82 Å². The smallest absolute Gasteiger partial charge is 0.324 e. The molecule has 1 saturated carbocycles. The van der Waals surface area contributed by atoms with Gasteiger partial charge in [-0.05, 0) is 55.5 Å². The summed E-state index contributed by atoms with van der Waals surface area (Å²) in [6.07, 6.45) is 0.916. The van der Waals surface area contributed by atoms with Crippen LogP contribution in [0.5, 0.6) is 0 Å². The quantitative estimate of drug-likeness (QED) is 0.372. The Bertz CT molecular complexity index is 1280. The number of hydrogen-bond donors (Lipinski definition) is 3. The fourth-order valence-corrected chi connectivity index (χ4v) is 5.83. The number of ether oxygens (including phenoxy) is 2. The molecule has 0 bridgehead atoms. The highest BCUT2D eigenvalue weighted by Crippen LogP contribution is 2.34. The van der Waals surface area contributed by atoms with Crippen molar-refractivity contribution in [2.24, 2.45) is 0 Å². The van der Waals surface area contributed by atoms with Crippen LogP contribution in [0.2, 0.25) is 5.02 Å². The summed E-state index contributed by atoms with van der Waals surface area (Å²) in [7, 11) is -3.41. The van der Waals surface area contributed by atoms with E-state index >= 15 is 0 Å². The van der Waals surface area contributed by atoms with E-state index in [4.69, 9.17) is 21.1 Å². The fourth-order valence-electron chi connectivity index (χ4n) is 3.96. The molecule has 13 heteroatoms. The molecule has 3 N–H and O–H groups in total. The zero-order valence-electron chi connectivity index (χ0n) is 19.5. The zero-order chi connectivity index (χ0) is 26.7. The highest BCUT2D eigenvalue weighted by molar-refractivity contribution is 7.92. The molecule has 1 aliphatic heterocycles. The SMILES string of the molecule is O=C(Nc1ccc(Cl)c(C(C(=O)O)C(=O)O)n1)C(OC1CCOCC1)c1ccc(S(=O)(=O)C2CC2)cc1. The minimum absolute atomic E-state index is 0.120. The molecule has 1 amide bonds. The maximum atomic E-state index is 13.3. The first-order chi connectivity index (χ1) is 17.6. The molecular weight excluding hydrogens is 528 g/mol. The second kappa shape index (κ2) is 11.1. The van der Waals surface area contributed by atoms with E-state index in [0.29, 0.717) is 44.5 Å². The van der Waals surface area contributed by atoms with E-state index in [9.17, 15) is 33.0 Å². The van der Waals surface area contributed by atoms with Gasteiger partial charge < -0.3 is 25.0 Å². The maximum Gasteiger partial charge on any atom is 0.324 e. The normalized spacial score (nSPS) is 17.4. The number of carboxylic acid groups (broad SMARTS) is 2. The molecule has 4 rings (SSSR count). The molecule has 198 valence electrons. The Labute approximate surface area is 217 Å². The van der Waals surface area contributed by atoms with Crippen molar-refractivity contribution in [2.75, 3.05) is 18.5 Å². The third kappa shape index (κ3) is 6.27. The first-order valence-electron chi connectivity index (χ1n) is 11.6. The van der Waals surface area contributed by atoms with Crippen LogP contribution in [-0.4, -0.2) is 66.0 Å². The van der Waals surface area contributed by atoms with Crippen molar-refractivity contribution in [1.29, 1.82) is 0 Å². The molecular formula is C24H25ClN2O9S. The molecule has 2 aromatic rings. The molecule has 11 nitrogen and oxygen atoms in total. The van der Waals surface area contributed by atoms with Gasteiger partial charge in [0.25, 0.3) is 5.91 Å². The number of carboxylic acids is 2. The van der Waals surface area contributed by atoms with Crippen molar-refractivity contribution >= 4 is 45.1 Å². The Hall–Kier alpha value is -3.06. The third-order valence-corrected chi connectivity index (χ3v) is 8.70. The van der Waals surface area contributed by atoms with E-state index in [-0.39, 0.29) is 27.1 Å². The number of aromatic nitrogens is 1. The molecule has 1 aromatic heterocycles. The average Bonchev–Trinajstić information content (AvgIpc) is 3.71. The predicted octanol–water partition coefficient (Wildman–Crippen LogP) is 2.80. The standard InChI is InChI=1S/C24H25ClN2O9S/c25-17-7-8-18(26-20(17)19(23(29)30)24(31)32)27-22(28)21(36-14-9-11-35-12-10-14)13-1-3-15(4-2-13)37(33,34)16-5-6-16/h1-4,7-8,14,16,19,21H,5-6,9-12H2,(H,29,30)(H,31,32)(H,26,27,28). The van der Waals surface area contributed by atoms with Crippen molar-refractivity contribution in [1.82, 2.24) is 4.98 Å². The summed E-state index contributed by atoms with van der Waals surface area (Å²) in [4.78, 5) is 40.4. The lowest BCUT2D eigenvalue weighted by molar-refractivity contribution is -0.150. The maximum absolute atomic E-state index is 13.3. The Kier molecular flexibility index (Phi) is 8.12. The van der Waals surface area contributed by atoms with E-state index in [0.717, 1.165) is 0 Å². The number of halogens is 1. The summed E-state index contributed by atoms with van der Waals surface area (Å²) in [5, 5.41) is 20.6. The van der Waals surface area contributed by atoms with Gasteiger partial charge >= 0.3 is 11.9 Å². The van der Waals surface area contributed by atoms with Crippen LogP contribution in [0, 0.1) is 0 Å². The van der Waals surface area contributed by atoms with E-state index in [1.807, 2.05) is 0 Å². The van der Waals surface area contributed by atoms with Gasteiger partial charge in [-0.15, -0.1) is 0 Å². The molecule has 1 unspecified atom stereocenters. The molecule has 1 saturated heterocycles. The van der Waals surface area contributed by atoms with Crippen LogP contribution < -0.4 is 5.32 Å². The largest absolute Gasteiger partial charge is 0.480 e. The number of hydrogen-bond acceptors (Lipinski definition) is 8. The fraction of sp³-hybridized carbons (Fsp3) is 0.417. The topological polar surface area (TPSA) is 169 Å². The monoisotopic (exact) mass is 552 g/mol. The van der Waals surface area contributed by atoms with Gasteiger partial charge in [-0.25, -0.2) is 13.4 Å². The van der Waals surface area contributed by atoms with Gasteiger partial charge in [0.05, 0.1) is 27.0 Å². The molecule has 1 aliphatic carbocycles. The number of amides is 1. The number of carbonyl (C=O) groups is 3. The van der Waals surface area contributed by atoms with Crippen molar-refractivity contribution in [3.8, 4) is 0 Å². The Morgan fingerprint density at radius 2 is 1.62 bits per heavy atom. The highest BCUT2D eigenvalue weighted by atomic mass is 35.5. The lowest BCUT2D eigenvalue weighted by Crippen LogP contribution is -2.31. The number of nitrogens with zero attached hydrogens (tertiary/aromatic N) is 1. The van der Waals surface area contributed by atoms with Crippen molar-refractivity contribution < 1.29 is 42.5 Å². The second-order valence-electron chi connectivity index (χ2n) is 8.80. The number of rotatable bonds is 10. The van der Waals surface area contributed by atoms with Crippen LogP contribution in [-0.2, 0) is 33.7 Å². The zero-order valence-corrected chi connectivity index (χ0v) is 21.1. The summed E-state index contributed by atoms with van der Waals surface area (Å²) < 4.78 is 36.5. The lowest BCUT2D eigenvalue weighted by atomic mass is 10.1. The van der Waals surface area contributed by atoms with Gasteiger partial charge in [-0.2, -0.15) is 0 Å². The minimum atomic E-state index is -3.41. The number of sulfone groups is 1. The Morgan fingerprint density at radius 1 is 1.00 bits per heavy atom. The number of carbonyl (C=O) groups excluding carboxylic acids is 1. The first-order valence-corrected chi connectivity index (χ1v) is 13.5. The number of aliphatic carboxylic acids is 2. The minimum Gasteiger partial charge on any atom is -0.480 e. The predicted molar refractivity (Wildman–Crippen MR) is 130 cm³/mol. The number of nitrogens with one attached hydrogen (secondary N) is 1. The van der Waals surface area contributed by atoms with Gasteiger partial charge in [0, 0.05) is 13.2 Å². The molecule has 2 aliphatic rings. The van der Waals surface area contributed by atoms with E-state index in [2.05, 4.69) is 10.3 Å². The van der Waals surface area contributed by atoms with E-state index in [1.165, 1.54) is 36.4 Å². The van der Waals surface area contributed by atoms with Crippen molar-refractivity contribution in [3.05, 3.63) is 52.7 Å². The number of pyridine rings is 1. The van der Waals surface area contributed by atoms with E-state index in [1.54, 1.807) is 0 Å². The molecule has 37 heavy (non-hydrogen) atoms. The number of benzene rings is 1. The average molecular weight is 553 g/mol. The highest BCUT2D eigenvalue weighted by Gasteiger charge is 2.37. The molecule has 0 spiro atoms. The van der Waals surface area contributed by atoms with Gasteiger partial charge in [-0.1, -0.05) is 23.7 Å². The molecule has 2 heterocycles. The number of anilines is 1. The lowest BCUT2D eigenvalue weighted by Gasteiger charge is -2.27. The second-order valence-corrected chi connectivity index (χ2v) is 11.4. The third-order valence-electron chi connectivity index (χ3n) is 6.10. The van der Waals surface area contributed by atoms with Crippen LogP contribution in [0.1, 0.15) is 49.0 Å². The van der Waals surface area contributed by atoms with Crippen LogP contribution in [0.3, 0.4) is 0 Å². The van der Waals surface area contributed by atoms with Gasteiger partial charge in [0.1, 0.15) is 5.82 Å². The summed E-state index contributed by atoms with van der Waals surface area (Å²) in [5.41, 5.74) is -0.0297.